The van der Waals surface area contributed by atoms with E-state index in [9.17, 15) is 14.7 Å². The van der Waals surface area contributed by atoms with Crippen LogP contribution in [-0.2, 0) is 0 Å². The molecule has 1 unspecified atom stereocenters. The molecule has 2 saturated carbocycles. The predicted molar refractivity (Wildman–Crippen MR) is 81.4 cm³/mol. The van der Waals surface area contributed by atoms with E-state index in [2.05, 4.69) is 4.98 Å². The molecule has 0 radical (unpaired) electrons. The number of aliphatic hydroxyl groups excluding tert-OH is 1. The highest BCUT2D eigenvalue weighted by Crippen LogP contribution is 2.46. The number of carbonyl (C=O) groups is 1. The first kappa shape index (κ1) is 14.7. The zero-order valence-corrected chi connectivity index (χ0v) is 12.9. The van der Waals surface area contributed by atoms with Gasteiger partial charge in [-0.1, -0.05) is 23.7 Å². The van der Waals surface area contributed by atoms with Gasteiger partial charge in [0.2, 0.25) is 0 Å². The van der Waals surface area contributed by atoms with Gasteiger partial charge < -0.3 is 9.63 Å². The number of halogens is 1. The van der Waals surface area contributed by atoms with Crippen LogP contribution in [-0.4, -0.2) is 20.6 Å². The van der Waals surface area contributed by atoms with Crippen molar-refractivity contribution in [2.45, 2.75) is 31.4 Å². The monoisotopic (exact) mass is 334 g/mol. The van der Waals surface area contributed by atoms with Crippen molar-refractivity contribution in [3.63, 3.8) is 0 Å². The lowest BCUT2D eigenvalue weighted by Gasteiger charge is -2.12. The maximum atomic E-state index is 12.5. The quantitative estimate of drug-likeness (QED) is 0.848. The lowest BCUT2D eigenvalue weighted by molar-refractivity contribution is 0.0952. The molecule has 1 heterocycles. The fraction of sp³-hybridized carbons (Fsp3) is 0.438. The molecule has 2 aliphatic carbocycles. The Morgan fingerprint density at radius 2 is 2.22 bits per heavy atom. The van der Waals surface area contributed by atoms with Gasteiger partial charge in [0.05, 0.1) is 12.1 Å². The topological polar surface area (TPSA) is 85.3 Å². The van der Waals surface area contributed by atoms with Crippen molar-refractivity contribution in [3.8, 4) is 0 Å². The molecule has 2 aromatic rings. The zero-order chi connectivity index (χ0) is 16.1. The fourth-order valence-corrected chi connectivity index (χ4v) is 3.23. The number of ketones is 1. The van der Waals surface area contributed by atoms with Gasteiger partial charge in [-0.05, 0) is 36.8 Å². The van der Waals surface area contributed by atoms with Gasteiger partial charge in [0.1, 0.15) is 6.33 Å². The summed E-state index contributed by atoms with van der Waals surface area (Å²) in [6.07, 6.45) is 3.39. The first-order valence-electron chi connectivity index (χ1n) is 7.61. The molecular weight excluding hydrogens is 320 g/mol. The summed E-state index contributed by atoms with van der Waals surface area (Å²) in [5.74, 6) is -0.654. The molecule has 1 aromatic carbocycles. The summed E-state index contributed by atoms with van der Waals surface area (Å²) in [6, 6.07) is 4.89. The second-order valence-electron chi connectivity index (χ2n) is 6.25. The summed E-state index contributed by atoms with van der Waals surface area (Å²) in [7, 11) is 0. The molecule has 0 spiro atoms. The number of aromatic nitrogens is 2. The van der Waals surface area contributed by atoms with Crippen LogP contribution in [0.4, 0.5) is 0 Å². The second kappa shape index (κ2) is 5.32. The van der Waals surface area contributed by atoms with Crippen molar-refractivity contribution >= 4 is 17.4 Å². The van der Waals surface area contributed by atoms with Crippen molar-refractivity contribution in [1.29, 1.82) is 0 Å². The molecule has 0 amide bonds. The first-order chi connectivity index (χ1) is 11.0. The van der Waals surface area contributed by atoms with Crippen molar-refractivity contribution < 1.29 is 14.4 Å². The standard InChI is InChI=1S/C16H15ClN2O4/c17-12-5-9(3-4-10(12)14(20)8-1-2-8)15(21)11-6-13(11)19-7-18-16(22)23-19/h3-5,7-8,11,13-14,20H,1-2,6H2/t11-,13-,14?/m0/s1. The van der Waals surface area contributed by atoms with Crippen LogP contribution in [0, 0.1) is 11.8 Å². The highest BCUT2D eigenvalue weighted by molar-refractivity contribution is 6.31. The lowest BCUT2D eigenvalue weighted by atomic mass is 10.0. The number of nitrogens with zero attached hydrogens (tertiary/aromatic N) is 2. The van der Waals surface area contributed by atoms with Crippen molar-refractivity contribution in [2.75, 3.05) is 0 Å². The predicted octanol–water partition coefficient (Wildman–Crippen LogP) is 2.38. The number of hydrogen-bond acceptors (Lipinski definition) is 5. The number of rotatable bonds is 5. The third kappa shape index (κ3) is 2.72. The summed E-state index contributed by atoms with van der Waals surface area (Å²) in [6.45, 7) is 0. The average molecular weight is 335 g/mol. The number of hydrogen-bond donors (Lipinski definition) is 1. The Balaban J connectivity index is 1.51. The van der Waals surface area contributed by atoms with Gasteiger partial charge in [-0.2, -0.15) is 9.72 Å². The molecule has 2 fully saturated rings. The molecule has 0 saturated heterocycles. The molecule has 120 valence electrons. The van der Waals surface area contributed by atoms with E-state index < -0.39 is 11.9 Å². The SMILES string of the molecule is O=C(c1ccc(C(O)C2CC2)c(Cl)c1)[C@H]1C[C@@H]1n1cnc(=O)o1. The molecule has 3 atom stereocenters. The Kier molecular flexibility index (Phi) is 3.39. The minimum Gasteiger partial charge on any atom is -0.388 e. The van der Waals surface area contributed by atoms with Crippen LogP contribution < -0.4 is 5.76 Å². The van der Waals surface area contributed by atoms with Gasteiger partial charge in [-0.3, -0.25) is 4.79 Å². The molecule has 2 aliphatic rings. The van der Waals surface area contributed by atoms with Crippen LogP contribution in [0.25, 0.3) is 0 Å². The summed E-state index contributed by atoms with van der Waals surface area (Å²) in [5.41, 5.74) is 1.19. The average Bonchev–Trinajstić information content (AvgIpc) is 3.44. The minimum absolute atomic E-state index is 0.0410. The van der Waals surface area contributed by atoms with Crippen LogP contribution in [0.3, 0.4) is 0 Å². The number of benzene rings is 1. The molecule has 23 heavy (non-hydrogen) atoms. The zero-order valence-electron chi connectivity index (χ0n) is 12.2. The molecule has 7 heteroatoms. The molecule has 1 aromatic heterocycles. The smallest absolute Gasteiger partial charge is 0.388 e. The number of carbonyl (C=O) groups excluding carboxylic acids is 1. The molecule has 6 nitrogen and oxygen atoms in total. The largest absolute Gasteiger partial charge is 0.459 e. The van der Waals surface area contributed by atoms with Crippen LogP contribution >= 0.6 is 11.6 Å². The van der Waals surface area contributed by atoms with Gasteiger partial charge in [0.25, 0.3) is 0 Å². The second-order valence-corrected chi connectivity index (χ2v) is 6.66. The van der Waals surface area contributed by atoms with Gasteiger partial charge >= 0.3 is 5.76 Å². The summed E-state index contributed by atoms with van der Waals surface area (Å²) >= 11 is 6.23. The Morgan fingerprint density at radius 3 is 2.83 bits per heavy atom. The summed E-state index contributed by atoms with van der Waals surface area (Å²) in [4.78, 5) is 26.9. The summed E-state index contributed by atoms with van der Waals surface area (Å²) < 4.78 is 6.20. The van der Waals surface area contributed by atoms with Crippen LogP contribution in [0.2, 0.25) is 5.02 Å². The van der Waals surface area contributed by atoms with Gasteiger partial charge in [0, 0.05) is 16.5 Å². The van der Waals surface area contributed by atoms with E-state index >= 15 is 0 Å². The van der Waals surface area contributed by atoms with Gasteiger partial charge in [-0.15, -0.1) is 0 Å². The number of aliphatic hydroxyl groups is 1. The first-order valence-corrected chi connectivity index (χ1v) is 7.98. The summed E-state index contributed by atoms with van der Waals surface area (Å²) in [5, 5.41) is 10.6. The highest BCUT2D eigenvalue weighted by Gasteiger charge is 2.46. The molecule has 4 rings (SSSR count). The molecule has 0 aliphatic heterocycles. The molecule has 0 bridgehead atoms. The Morgan fingerprint density at radius 1 is 1.43 bits per heavy atom. The number of Topliss-reactive ketones (excluding diaryl/α,β-unsaturated/α-hetero) is 1. The van der Waals surface area contributed by atoms with Crippen molar-refractivity contribution in [3.05, 3.63) is 51.2 Å². The van der Waals surface area contributed by atoms with E-state index in [1.54, 1.807) is 18.2 Å². The van der Waals surface area contributed by atoms with Gasteiger partial charge in [-0.25, -0.2) is 4.79 Å². The van der Waals surface area contributed by atoms with Gasteiger partial charge in [0.15, 0.2) is 5.78 Å². The van der Waals surface area contributed by atoms with E-state index in [-0.39, 0.29) is 23.7 Å². The third-order valence-corrected chi connectivity index (χ3v) is 4.88. The van der Waals surface area contributed by atoms with Crippen LogP contribution in [0.1, 0.15) is 47.3 Å². The fourth-order valence-electron chi connectivity index (χ4n) is 2.94. The van der Waals surface area contributed by atoms with E-state index in [1.165, 1.54) is 11.1 Å². The molecular formula is C16H15ClN2O4. The lowest BCUT2D eigenvalue weighted by Crippen LogP contribution is -2.07. The van der Waals surface area contributed by atoms with E-state index in [0.717, 1.165) is 12.8 Å². The Labute approximate surface area is 136 Å². The van der Waals surface area contributed by atoms with E-state index in [1.807, 2.05) is 0 Å². The maximum Gasteiger partial charge on any atom is 0.459 e. The van der Waals surface area contributed by atoms with Crippen LogP contribution in [0.15, 0.2) is 33.8 Å². The molecule has 1 N–H and O–H groups in total. The minimum atomic E-state index is -0.662. The van der Waals surface area contributed by atoms with E-state index in [4.69, 9.17) is 16.1 Å². The highest BCUT2D eigenvalue weighted by atomic mass is 35.5. The van der Waals surface area contributed by atoms with Crippen molar-refractivity contribution in [1.82, 2.24) is 9.72 Å². The third-order valence-electron chi connectivity index (χ3n) is 4.55. The maximum absolute atomic E-state index is 12.5. The van der Waals surface area contributed by atoms with Crippen molar-refractivity contribution in [2.24, 2.45) is 11.8 Å². The Bertz CT molecular complexity index is 823. The Hall–Kier alpha value is -1.92. The van der Waals surface area contributed by atoms with E-state index in [0.29, 0.717) is 22.6 Å². The normalized spacial score (nSPS) is 24.4. The van der Waals surface area contributed by atoms with Crippen LogP contribution in [0.5, 0.6) is 0 Å².